The molecule has 1 heterocycles. The normalized spacial score (nSPS) is 10.5. The molecule has 0 atom stereocenters. The fraction of sp³-hybridized carbons (Fsp3) is 0.222. The predicted octanol–water partition coefficient (Wildman–Crippen LogP) is 2.71. The van der Waals surface area contributed by atoms with Crippen molar-refractivity contribution in [2.24, 2.45) is 0 Å². The highest BCUT2D eigenvalue weighted by Gasteiger charge is 2.11. The Morgan fingerprint density at radius 1 is 1.12 bits per heavy atom. The Balaban J connectivity index is 1.59. The second-order valence-electron chi connectivity index (χ2n) is 5.69. The van der Waals surface area contributed by atoms with E-state index in [9.17, 15) is 4.79 Å². The first-order valence-electron chi connectivity index (χ1n) is 7.93. The summed E-state index contributed by atoms with van der Waals surface area (Å²) in [7, 11) is 0. The summed E-state index contributed by atoms with van der Waals surface area (Å²) in [6.45, 7) is 4.47. The van der Waals surface area contributed by atoms with Crippen LogP contribution >= 0.6 is 0 Å². The standard InChI is InChI=1S/C18H19N5O2/c1-13-8-9-16(10-14(13)2)23-17(20-21-22-23)11-19-18(24)25-12-15-6-4-3-5-7-15/h3-10H,11-12H2,1-2H3,(H,19,24). The monoisotopic (exact) mass is 337 g/mol. The fourth-order valence-electron chi connectivity index (χ4n) is 2.30. The molecule has 3 rings (SSSR count). The zero-order valence-corrected chi connectivity index (χ0v) is 14.1. The average molecular weight is 337 g/mol. The molecule has 128 valence electrons. The molecular formula is C18H19N5O2. The highest BCUT2D eigenvalue weighted by atomic mass is 16.5. The van der Waals surface area contributed by atoms with Crippen molar-refractivity contribution in [2.45, 2.75) is 27.0 Å². The number of nitrogens with zero attached hydrogens (tertiary/aromatic N) is 4. The average Bonchev–Trinajstić information content (AvgIpc) is 3.10. The van der Waals surface area contributed by atoms with Gasteiger partial charge in [0.25, 0.3) is 0 Å². The maximum absolute atomic E-state index is 11.8. The Labute approximate surface area is 145 Å². The van der Waals surface area contributed by atoms with Gasteiger partial charge >= 0.3 is 6.09 Å². The fourth-order valence-corrected chi connectivity index (χ4v) is 2.30. The van der Waals surface area contributed by atoms with Crippen LogP contribution < -0.4 is 5.32 Å². The quantitative estimate of drug-likeness (QED) is 0.774. The summed E-state index contributed by atoms with van der Waals surface area (Å²) in [6.07, 6.45) is -0.515. The topological polar surface area (TPSA) is 81.9 Å². The Kier molecular flexibility index (Phi) is 5.03. The zero-order valence-electron chi connectivity index (χ0n) is 14.1. The third-order valence-electron chi connectivity index (χ3n) is 3.87. The molecule has 0 saturated heterocycles. The molecule has 0 bridgehead atoms. The Bertz CT molecular complexity index is 861. The molecule has 0 radical (unpaired) electrons. The number of hydrogen-bond donors (Lipinski definition) is 1. The van der Waals surface area contributed by atoms with Gasteiger partial charge in [0.15, 0.2) is 5.82 Å². The van der Waals surface area contributed by atoms with Gasteiger partial charge in [-0.3, -0.25) is 0 Å². The smallest absolute Gasteiger partial charge is 0.407 e. The molecule has 1 aromatic heterocycles. The van der Waals surface area contributed by atoms with Crippen LogP contribution in [-0.2, 0) is 17.9 Å². The molecule has 0 aliphatic heterocycles. The lowest BCUT2D eigenvalue weighted by Crippen LogP contribution is -2.25. The molecule has 0 fully saturated rings. The molecule has 3 aromatic rings. The van der Waals surface area contributed by atoms with E-state index in [-0.39, 0.29) is 13.2 Å². The largest absolute Gasteiger partial charge is 0.445 e. The summed E-state index contributed by atoms with van der Waals surface area (Å²) in [5, 5.41) is 14.3. The molecule has 0 spiro atoms. The van der Waals surface area contributed by atoms with Crippen molar-refractivity contribution in [3.05, 3.63) is 71.0 Å². The molecule has 0 aliphatic rings. The van der Waals surface area contributed by atoms with Crippen molar-refractivity contribution in [2.75, 3.05) is 0 Å². The number of aromatic nitrogens is 4. The predicted molar refractivity (Wildman–Crippen MR) is 92.1 cm³/mol. The Hall–Kier alpha value is -3.22. The van der Waals surface area contributed by atoms with Crippen LogP contribution in [0.15, 0.2) is 48.5 Å². The van der Waals surface area contributed by atoms with Crippen LogP contribution in [0, 0.1) is 13.8 Å². The van der Waals surface area contributed by atoms with Crippen LogP contribution in [0.4, 0.5) is 4.79 Å². The van der Waals surface area contributed by atoms with E-state index in [0.29, 0.717) is 5.82 Å². The summed E-state index contributed by atoms with van der Waals surface area (Å²) in [5.74, 6) is 0.528. The number of aryl methyl sites for hydroxylation is 2. The van der Waals surface area contributed by atoms with Crippen LogP contribution in [0.1, 0.15) is 22.5 Å². The van der Waals surface area contributed by atoms with Gasteiger partial charge in [0.05, 0.1) is 12.2 Å². The first kappa shape index (κ1) is 16.6. The van der Waals surface area contributed by atoms with Crippen LogP contribution in [0.5, 0.6) is 0 Å². The first-order valence-corrected chi connectivity index (χ1v) is 7.93. The van der Waals surface area contributed by atoms with Crippen LogP contribution in [0.2, 0.25) is 0 Å². The Morgan fingerprint density at radius 2 is 1.92 bits per heavy atom. The highest BCUT2D eigenvalue weighted by molar-refractivity contribution is 5.67. The van der Waals surface area contributed by atoms with Gasteiger partial charge < -0.3 is 10.1 Å². The van der Waals surface area contributed by atoms with Crippen molar-refractivity contribution in [1.29, 1.82) is 0 Å². The second-order valence-corrected chi connectivity index (χ2v) is 5.69. The number of hydrogen-bond acceptors (Lipinski definition) is 5. The lowest BCUT2D eigenvalue weighted by Gasteiger charge is -2.09. The minimum Gasteiger partial charge on any atom is -0.445 e. The number of amides is 1. The van der Waals surface area contributed by atoms with Gasteiger partial charge in [-0.2, -0.15) is 4.68 Å². The highest BCUT2D eigenvalue weighted by Crippen LogP contribution is 2.14. The van der Waals surface area contributed by atoms with Crippen LogP contribution in [0.3, 0.4) is 0 Å². The van der Waals surface area contributed by atoms with Crippen molar-refractivity contribution in [3.63, 3.8) is 0 Å². The molecular weight excluding hydrogens is 318 g/mol. The van der Waals surface area contributed by atoms with Crippen LogP contribution in [-0.4, -0.2) is 26.3 Å². The number of alkyl carbamates (subject to hydrolysis) is 1. The van der Waals surface area contributed by atoms with E-state index in [1.807, 2.05) is 62.4 Å². The summed E-state index contributed by atoms with van der Waals surface area (Å²) >= 11 is 0. The zero-order chi connectivity index (χ0) is 17.6. The number of ether oxygens (including phenoxy) is 1. The van der Waals surface area contributed by atoms with Gasteiger partial charge in [0, 0.05) is 0 Å². The number of tetrazole rings is 1. The third kappa shape index (κ3) is 4.20. The van der Waals surface area contributed by atoms with Gasteiger partial charge in [-0.05, 0) is 53.1 Å². The Morgan fingerprint density at radius 3 is 2.68 bits per heavy atom. The van der Waals surface area contributed by atoms with Crippen molar-refractivity contribution in [3.8, 4) is 5.69 Å². The van der Waals surface area contributed by atoms with E-state index in [0.717, 1.165) is 16.8 Å². The van der Waals surface area contributed by atoms with E-state index < -0.39 is 6.09 Å². The van der Waals surface area contributed by atoms with E-state index in [1.165, 1.54) is 5.56 Å². The molecule has 0 unspecified atom stereocenters. The lowest BCUT2D eigenvalue weighted by atomic mass is 10.1. The first-order chi connectivity index (χ1) is 12.1. The maximum atomic E-state index is 11.8. The third-order valence-corrected chi connectivity index (χ3v) is 3.87. The van der Waals surface area contributed by atoms with E-state index >= 15 is 0 Å². The molecule has 25 heavy (non-hydrogen) atoms. The minimum atomic E-state index is -0.515. The second kappa shape index (κ2) is 7.57. The minimum absolute atomic E-state index is 0.174. The lowest BCUT2D eigenvalue weighted by molar-refractivity contribution is 0.139. The van der Waals surface area contributed by atoms with Crippen molar-refractivity contribution in [1.82, 2.24) is 25.5 Å². The van der Waals surface area contributed by atoms with Crippen molar-refractivity contribution < 1.29 is 9.53 Å². The number of carbonyl (C=O) groups is 1. The summed E-state index contributed by atoms with van der Waals surface area (Å²) in [5.41, 5.74) is 4.12. The van der Waals surface area contributed by atoms with Crippen LogP contribution in [0.25, 0.3) is 5.69 Å². The van der Waals surface area contributed by atoms with Gasteiger partial charge in [-0.15, -0.1) is 5.10 Å². The van der Waals surface area contributed by atoms with E-state index in [1.54, 1.807) is 4.68 Å². The summed E-state index contributed by atoms with van der Waals surface area (Å²) < 4.78 is 6.78. The number of benzene rings is 2. The molecule has 0 aliphatic carbocycles. The molecule has 2 aromatic carbocycles. The van der Waals surface area contributed by atoms with Gasteiger partial charge in [0.1, 0.15) is 6.61 Å². The molecule has 0 saturated carbocycles. The van der Waals surface area contributed by atoms with Crippen molar-refractivity contribution >= 4 is 6.09 Å². The molecule has 1 N–H and O–H groups in total. The van der Waals surface area contributed by atoms with Gasteiger partial charge in [-0.25, -0.2) is 4.79 Å². The van der Waals surface area contributed by atoms with E-state index in [2.05, 4.69) is 20.8 Å². The van der Waals surface area contributed by atoms with Gasteiger partial charge in [0.2, 0.25) is 0 Å². The number of nitrogens with one attached hydrogen (secondary N) is 1. The molecule has 7 heteroatoms. The maximum Gasteiger partial charge on any atom is 0.407 e. The SMILES string of the molecule is Cc1ccc(-n2nnnc2CNC(=O)OCc2ccccc2)cc1C. The molecule has 1 amide bonds. The number of carbonyl (C=O) groups excluding carboxylic acids is 1. The summed E-state index contributed by atoms with van der Waals surface area (Å²) in [4.78, 5) is 11.8. The van der Waals surface area contributed by atoms with E-state index in [4.69, 9.17) is 4.74 Å². The number of rotatable bonds is 5. The molecule has 7 nitrogen and oxygen atoms in total. The summed E-state index contributed by atoms with van der Waals surface area (Å²) in [6, 6.07) is 15.5. The van der Waals surface area contributed by atoms with Gasteiger partial charge in [-0.1, -0.05) is 36.4 Å².